The first-order chi connectivity index (χ1) is 14.5. The summed E-state index contributed by atoms with van der Waals surface area (Å²) in [7, 11) is 0. The molecule has 4 rings (SSSR count). The number of ether oxygens (including phenoxy) is 1. The molecule has 0 aliphatic carbocycles. The topological polar surface area (TPSA) is 109 Å². The van der Waals surface area contributed by atoms with Crippen LogP contribution in [0.4, 0.5) is 5.82 Å². The van der Waals surface area contributed by atoms with Crippen LogP contribution in [0.5, 0.6) is 5.88 Å². The van der Waals surface area contributed by atoms with Crippen molar-refractivity contribution in [2.24, 2.45) is 0 Å². The number of carbonyl (C=O) groups excluding carboxylic acids is 1. The molecule has 2 fully saturated rings. The number of piperidine rings is 1. The second-order valence-corrected chi connectivity index (χ2v) is 7.29. The predicted octanol–water partition coefficient (Wildman–Crippen LogP) is 2.25. The second kappa shape index (κ2) is 10.5. The number of pyridine rings is 1. The van der Waals surface area contributed by atoms with E-state index >= 15 is 0 Å². The molecule has 0 radical (unpaired) electrons. The first kappa shape index (κ1) is 21.5. The number of nitrogens with zero attached hydrogens (tertiary/aromatic N) is 5. The van der Waals surface area contributed by atoms with Crippen LogP contribution >= 0.6 is 0 Å². The first-order valence-electron chi connectivity index (χ1n) is 10.2. The fourth-order valence-corrected chi connectivity index (χ4v) is 3.53. The van der Waals surface area contributed by atoms with Crippen LogP contribution in [0.15, 0.2) is 36.7 Å². The van der Waals surface area contributed by atoms with E-state index in [2.05, 4.69) is 20.1 Å². The van der Waals surface area contributed by atoms with Gasteiger partial charge in [0, 0.05) is 64.4 Å². The van der Waals surface area contributed by atoms with Gasteiger partial charge in [-0.3, -0.25) is 9.59 Å². The van der Waals surface area contributed by atoms with Gasteiger partial charge < -0.3 is 19.6 Å². The van der Waals surface area contributed by atoms with Gasteiger partial charge in [-0.2, -0.15) is 5.10 Å². The quantitative estimate of drug-likeness (QED) is 0.813. The van der Waals surface area contributed by atoms with Crippen molar-refractivity contribution in [1.82, 2.24) is 20.1 Å². The van der Waals surface area contributed by atoms with Crippen LogP contribution in [0.25, 0.3) is 0 Å². The van der Waals surface area contributed by atoms with E-state index in [1.54, 1.807) is 12.4 Å². The number of hydrogen-bond acceptors (Lipinski definition) is 7. The molecule has 0 unspecified atom stereocenters. The average molecular weight is 413 g/mol. The van der Waals surface area contributed by atoms with E-state index in [1.165, 1.54) is 0 Å². The average Bonchev–Trinajstić information content (AvgIpc) is 3.29. The largest absolute Gasteiger partial charge is 0.481 e. The van der Waals surface area contributed by atoms with Crippen molar-refractivity contribution >= 4 is 17.7 Å². The maximum Gasteiger partial charge on any atom is 0.300 e. The SMILES string of the molecule is CC(=O)O.O=C(c1ccc(N2CCC(Oc3cccnn3)CC2)nc1)N1CCCC1. The molecule has 0 aromatic carbocycles. The summed E-state index contributed by atoms with van der Waals surface area (Å²) < 4.78 is 5.88. The van der Waals surface area contributed by atoms with Gasteiger partial charge in [0.25, 0.3) is 11.9 Å². The highest BCUT2D eigenvalue weighted by molar-refractivity contribution is 5.94. The van der Waals surface area contributed by atoms with E-state index in [4.69, 9.17) is 14.6 Å². The first-order valence-corrected chi connectivity index (χ1v) is 10.2. The molecule has 0 saturated carbocycles. The van der Waals surface area contributed by atoms with Gasteiger partial charge >= 0.3 is 0 Å². The Morgan fingerprint density at radius 3 is 2.37 bits per heavy atom. The van der Waals surface area contributed by atoms with Crippen molar-refractivity contribution < 1.29 is 19.4 Å². The molecule has 1 N–H and O–H groups in total. The van der Waals surface area contributed by atoms with Gasteiger partial charge in [0.1, 0.15) is 11.9 Å². The minimum absolute atomic E-state index is 0.0950. The maximum atomic E-state index is 12.4. The van der Waals surface area contributed by atoms with Gasteiger partial charge in [0.2, 0.25) is 5.88 Å². The summed E-state index contributed by atoms with van der Waals surface area (Å²) in [5.74, 6) is 0.757. The van der Waals surface area contributed by atoms with Crippen LogP contribution in [0.1, 0.15) is 43.0 Å². The monoisotopic (exact) mass is 413 g/mol. The van der Waals surface area contributed by atoms with Gasteiger partial charge in [0.15, 0.2) is 0 Å². The van der Waals surface area contributed by atoms with Crippen molar-refractivity contribution in [1.29, 1.82) is 0 Å². The van der Waals surface area contributed by atoms with E-state index < -0.39 is 5.97 Å². The number of aliphatic carboxylic acids is 1. The Bertz CT molecular complexity index is 813. The number of carbonyl (C=O) groups is 2. The fourth-order valence-electron chi connectivity index (χ4n) is 3.53. The van der Waals surface area contributed by atoms with Gasteiger partial charge in [-0.05, 0) is 31.0 Å². The van der Waals surface area contributed by atoms with Crippen LogP contribution in [-0.2, 0) is 4.79 Å². The zero-order valence-corrected chi connectivity index (χ0v) is 17.1. The lowest BCUT2D eigenvalue weighted by Crippen LogP contribution is -2.38. The molecule has 2 aromatic heterocycles. The highest BCUT2D eigenvalue weighted by Crippen LogP contribution is 2.21. The van der Waals surface area contributed by atoms with Crippen molar-refractivity contribution in [3.05, 3.63) is 42.2 Å². The molecule has 9 heteroatoms. The number of aromatic nitrogens is 3. The lowest BCUT2D eigenvalue weighted by molar-refractivity contribution is -0.134. The van der Waals surface area contributed by atoms with Crippen molar-refractivity contribution in [3.63, 3.8) is 0 Å². The van der Waals surface area contributed by atoms with Gasteiger partial charge in [-0.15, -0.1) is 5.10 Å². The molecule has 9 nitrogen and oxygen atoms in total. The zero-order valence-electron chi connectivity index (χ0n) is 17.1. The number of anilines is 1. The Balaban J connectivity index is 0.000000589. The third-order valence-corrected chi connectivity index (χ3v) is 4.99. The smallest absolute Gasteiger partial charge is 0.300 e. The van der Waals surface area contributed by atoms with Crippen LogP contribution in [-0.4, -0.2) is 69.3 Å². The fraction of sp³-hybridized carbons (Fsp3) is 0.476. The predicted molar refractivity (Wildman–Crippen MR) is 111 cm³/mol. The number of rotatable bonds is 4. The van der Waals surface area contributed by atoms with Gasteiger partial charge in [-0.25, -0.2) is 4.98 Å². The highest BCUT2D eigenvalue weighted by atomic mass is 16.5. The second-order valence-electron chi connectivity index (χ2n) is 7.29. The summed E-state index contributed by atoms with van der Waals surface area (Å²) in [6.07, 6.45) is 7.52. The number of hydrogen-bond donors (Lipinski definition) is 1. The molecule has 160 valence electrons. The van der Waals surface area contributed by atoms with Crippen LogP contribution < -0.4 is 9.64 Å². The Morgan fingerprint density at radius 2 is 1.80 bits per heavy atom. The van der Waals surface area contributed by atoms with E-state index in [1.807, 2.05) is 29.2 Å². The molecule has 2 aliphatic heterocycles. The minimum atomic E-state index is -0.833. The summed E-state index contributed by atoms with van der Waals surface area (Å²) in [5, 5.41) is 15.2. The van der Waals surface area contributed by atoms with Crippen molar-refractivity contribution in [3.8, 4) is 5.88 Å². The molecule has 0 spiro atoms. The van der Waals surface area contributed by atoms with Gasteiger partial charge in [-0.1, -0.05) is 0 Å². The Labute approximate surface area is 175 Å². The normalized spacial score (nSPS) is 16.6. The molecule has 1 amide bonds. The third-order valence-electron chi connectivity index (χ3n) is 4.99. The Hall–Kier alpha value is -3.23. The van der Waals surface area contributed by atoms with Crippen molar-refractivity contribution in [2.75, 3.05) is 31.1 Å². The summed E-state index contributed by atoms with van der Waals surface area (Å²) >= 11 is 0. The molecule has 2 aliphatic rings. The van der Waals surface area contributed by atoms with Crippen molar-refractivity contribution in [2.45, 2.75) is 38.7 Å². The number of carboxylic acids is 1. The van der Waals surface area contributed by atoms with E-state index in [-0.39, 0.29) is 12.0 Å². The third kappa shape index (κ3) is 6.13. The molecular weight excluding hydrogens is 386 g/mol. The van der Waals surface area contributed by atoms with E-state index in [0.717, 1.165) is 64.6 Å². The lowest BCUT2D eigenvalue weighted by Gasteiger charge is -2.32. The molecule has 30 heavy (non-hydrogen) atoms. The molecule has 4 heterocycles. The Morgan fingerprint density at radius 1 is 1.10 bits per heavy atom. The molecular formula is C21H27N5O4. The number of carboxylic acid groups (broad SMARTS) is 1. The maximum absolute atomic E-state index is 12.4. The summed E-state index contributed by atoms with van der Waals surface area (Å²) in [4.78, 5) is 30.1. The zero-order chi connectivity index (χ0) is 21.3. The Kier molecular flexibility index (Phi) is 7.53. The van der Waals surface area contributed by atoms with Crippen LogP contribution in [0.3, 0.4) is 0 Å². The lowest BCUT2D eigenvalue weighted by atomic mass is 10.1. The number of likely N-dealkylation sites (tertiary alicyclic amines) is 1. The molecule has 0 bridgehead atoms. The molecule has 2 saturated heterocycles. The summed E-state index contributed by atoms with van der Waals surface area (Å²) in [6, 6.07) is 7.50. The van der Waals surface area contributed by atoms with E-state index in [9.17, 15) is 4.79 Å². The highest BCUT2D eigenvalue weighted by Gasteiger charge is 2.23. The van der Waals surface area contributed by atoms with Gasteiger partial charge in [0.05, 0.1) is 5.56 Å². The summed E-state index contributed by atoms with van der Waals surface area (Å²) in [5.41, 5.74) is 0.677. The van der Waals surface area contributed by atoms with Crippen LogP contribution in [0, 0.1) is 0 Å². The standard InChI is InChI=1S/C19H23N5O2.C2H4O2/c25-19(24-10-1-2-11-24)15-5-6-17(20-14-15)23-12-7-16(8-13-23)26-18-4-3-9-21-22-18;1-2(3)4/h3-6,9,14,16H,1-2,7-8,10-13H2;1H3,(H,3,4). The van der Waals surface area contributed by atoms with Crippen LogP contribution in [0.2, 0.25) is 0 Å². The number of amides is 1. The van der Waals surface area contributed by atoms with E-state index in [0.29, 0.717) is 11.4 Å². The molecule has 0 atom stereocenters. The molecule has 2 aromatic rings. The minimum Gasteiger partial charge on any atom is -0.481 e. The summed E-state index contributed by atoms with van der Waals surface area (Å²) in [6.45, 7) is 4.55.